The van der Waals surface area contributed by atoms with Gasteiger partial charge in [-0.2, -0.15) is 0 Å². The summed E-state index contributed by atoms with van der Waals surface area (Å²) in [5, 5.41) is 10.2. The number of ether oxygens (including phenoxy) is 2. The summed E-state index contributed by atoms with van der Waals surface area (Å²) < 4.78 is 12.9. The Hall–Kier alpha value is -1.38. The van der Waals surface area contributed by atoms with Gasteiger partial charge in [0.15, 0.2) is 0 Å². The van der Waals surface area contributed by atoms with Gasteiger partial charge in [0.1, 0.15) is 28.5 Å². The van der Waals surface area contributed by atoms with Crippen LogP contribution in [0.25, 0.3) is 0 Å². The van der Waals surface area contributed by atoms with Crippen LogP contribution in [0.5, 0.6) is 17.2 Å². The molecule has 3 nitrogen and oxygen atoms in total. The zero-order valence-corrected chi connectivity index (χ0v) is 15.2. The van der Waals surface area contributed by atoms with E-state index in [9.17, 15) is 5.11 Å². The van der Waals surface area contributed by atoms with Gasteiger partial charge in [-0.1, -0.05) is 13.8 Å². The molecule has 2 bridgehead atoms. The largest absolute Gasteiger partial charge is 0.508 e. The van der Waals surface area contributed by atoms with Crippen molar-refractivity contribution in [3.63, 3.8) is 0 Å². The maximum atomic E-state index is 10.2. The maximum absolute atomic E-state index is 10.2. The van der Waals surface area contributed by atoms with Gasteiger partial charge < -0.3 is 14.6 Å². The maximum Gasteiger partial charge on any atom is 0.131 e. The molecule has 1 N–H and O–H groups in total. The Morgan fingerprint density at radius 1 is 1.04 bits per heavy atom. The van der Waals surface area contributed by atoms with Gasteiger partial charge in [-0.15, -0.1) is 0 Å². The fourth-order valence-corrected chi connectivity index (χ4v) is 6.40. The van der Waals surface area contributed by atoms with E-state index in [1.54, 1.807) is 6.07 Å². The molecule has 2 aliphatic heterocycles. The van der Waals surface area contributed by atoms with E-state index in [0.29, 0.717) is 17.3 Å². The number of rotatable bonds is 0. The summed E-state index contributed by atoms with van der Waals surface area (Å²) in [4.78, 5) is 0. The van der Waals surface area contributed by atoms with Crippen molar-refractivity contribution in [1.82, 2.24) is 0 Å². The highest BCUT2D eigenvalue weighted by atomic mass is 16.5. The summed E-state index contributed by atoms with van der Waals surface area (Å²) in [7, 11) is 0. The normalized spacial score (nSPS) is 40.1. The molecule has 4 atom stereocenters. The molecule has 1 aromatic carbocycles. The molecule has 130 valence electrons. The fourth-order valence-electron chi connectivity index (χ4n) is 6.40. The Morgan fingerprint density at radius 3 is 2.42 bits per heavy atom. The fraction of sp³-hybridized carbons (Fsp3) is 0.714. The van der Waals surface area contributed by atoms with Crippen LogP contribution in [-0.4, -0.2) is 16.3 Å². The standard InChI is InChI=1S/C21H28O3/c1-19(2)10-12-11-21(6-5-13-7-17(21)20(13,3)4)24-16-9-14(22)8-15(23-19)18(12)16/h8-9,12-13,17,22H,5-7,10-11H2,1-4H3/t12?,13-,17+,21?/m1/s1. The van der Waals surface area contributed by atoms with Crippen molar-refractivity contribution in [2.75, 3.05) is 0 Å². The molecular weight excluding hydrogens is 300 g/mol. The van der Waals surface area contributed by atoms with Crippen molar-refractivity contribution < 1.29 is 14.6 Å². The minimum atomic E-state index is -0.187. The molecule has 2 unspecified atom stereocenters. The van der Waals surface area contributed by atoms with Crippen molar-refractivity contribution >= 4 is 0 Å². The third-order valence-electron chi connectivity index (χ3n) is 7.55. The van der Waals surface area contributed by atoms with Crippen molar-refractivity contribution in [3.8, 4) is 17.2 Å². The molecule has 3 heteroatoms. The van der Waals surface area contributed by atoms with Crippen LogP contribution in [0.2, 0.25) is 0 Å². The van der Waals surface area contributed by atoms with Crippen molar-refractivity contribution in [1.29, 1.82) is 0 Å². The van der Waals surface area contributed by atoms with E-state index < -0.39 is 0 Å². The highest BCUT2D eigenvalue weighted by Gasteiger charge is 2.64. The summed E-state index contributed by atoms with van der Waals surface area (Å²) in [5.41, 5.74) is 1.34. The van der Waals surface area contributed by atoms with E-state index in [4.69, 9.17) is 9.47 Å². The molecule has 6 rings (SSSR count). The first-order chi connectivity index (χ1) is 11.2. The third kappa shape index (κ3) is 1.79. The Kier molecular flexibility index (Phi) is 2.63. The van der Waals surface area contributed by atoms with Gasteiger partial charge in [-0.25, -0.2) is 0 Å². The molecule has 3 aliphatic carbocycles. The van der Waals surface area contributed by atoms with Gasteiger partial charge in [0.2, 0.25) is 0 Å². The Balaban J connectivity index is 1.63. The summed E-state index contributed by atoms with van der Waals surface area (Å²) in [6, 6.07) is 3.57. The van der Waals surface area contributed by atoms with Crippen LogP contribution in [0.3, 0.4) is 0 Å². The van der Waals surface area contributed by atoms with Crippen LogP contribution in [0.4, 0.5) is 0 Å². The zero-order chi connectivity index (χ0) is 16.9. The number of fused-ring (bicyclic) bond motifs is 1. The van der Waals surface area contributed by atoms with E-state index in [-0.39, 0.29) is 17.0 Å². The molecule has 0 radical (unpaired) electrons. The van der Waals surface area contributed by atoms with Gasteiger partial charge >= 0.3 is 0 Å². The van der Waals surface area contributed by atoms with Crippen LogP contribution in [0.15, 0.2) is 12.1 Å². The molecule has 0 amide bonds. The molecule has 1 spiro atoms. The number of benzene rings is 1. The van der Waals surface area contributed by atoms with Gasteiger partial charge in [0, 0.05) is 23.6 Å². The second-order valence-corrected chi connectivity index (χ2v) is 9.83. The topological polar surface area (TPSA) is 38.7 Å². The molecule has 2 heterocycles. The Labute approximate surface area is 144 Å². The van der Waals surface area contributed by atoms with E-state index in [1.165, 1.54) is 18.4 Å². The second kappa shape index (κ2) is 4.23. The first-order valence-corrected chi connectivity index (χ1v) is 9.45. The van der Waals surface area contributed by atoms with Gasteiger partial charge in [-0.3, -0.25) is 0 Å². The average Bonchev–Trinajstić information content (AvgIpc) is 2.43. The predicted molar refractivity (Wildman–Crippen MR) is 92.8 cm³/mol. The van der Waals surface area contributed by atoms with Gasteiger partial charge in [-0.05, 0) is 63.2 Å². The number of hydrogen-bond acceptors (Lipinski definition) is 3. The van der Waals surface area contributed by atoms with Gasteiger partial charge in [0.05, 0.1) is 0 Å². The summed E-state index contributed by atoms with van der Waals surface area (Å²) >= 11 is 0. The first-order valence-electron chi connectivity index (χ1n) is 9.45. The Bertz CT molecular complexity index is 718. The van der Waals surface area contributed by atoms with E-state index in [0.717, 1.165) is 36.7 Å². The number of hydrogen-bond donors (Lipinski definition) is 1. The predicted octanol–water partition coefficient (Wildman–Crippen LogP) is 5.01. The van der Waals surface area contributed by atoms with Crippen molar-refractivity contribution in [3.05, 3.63) is 17.7 Å². The molecule has 5 aliphatic rings. The van der Waals surface area contributed by atoms with Crippen LogP contribution in [-0.2, 0) is 0 Å². The van der Waals surface area contributed by atoms with E-state index in [2.05, 4.69) is 27.7 Å². The van der Waals surface area contributed by atoms with E-state index >= 15 is 0 Å². The quantitative estimate of drug-likeness (QED) is 0.727. The summed E-state index contributed by atoms with van der Waals surface area (Å²) in [6.45, 7) is 9.17. The summed E-state index contributed by atoms with van der Waals surface area (Å²) in [5.74, 6) is 3.91. The lowest BCUT2D eigenvalue weighted by molar-refractivity contribution is -0.200. The van der Waals surface area contributed by atoms with Crippen LogP contribution >= 0.6 is 0 Å². The molecule has 3 fully saturated rings. The lowest BCUT2D eigenvalue weighted by Gasteiger charge is -2.66. The van der Waals surface area contributed by atoms with Crippen LogP contribution in [0, 0.1) is 17.3 Å². The third-order valence-corrected chi connectivity index (χ3v) is 7.55. The summed E-state index contributed by atoms with van der Waals surface area (Å²) in [6.07, 6.45) is 5.87. The van der Waals surface area contributed by atoms with E-state index in [1.807, 2.05) is 6.07 Å². The monoisotopic (exact) mass is 328 g/mol. The molecule has 24 heavy (non-hydrogen) atoms. The highest BCUT2D eigenvalue weighted by Crippen LogP contribution is 2.68. The van der Waals surface area contributed by atoms with Crippen molar-refractivity contribution in [2.45, 2.75) is 76.9 Å². The second-order valence-electron chi connectivity index (χ2n) is 9.83. The average molecular weight is 328 g/mol. The zero-order valence-electron chi connectivity index (χ0n) is 15.2. The SMILES string of the molecule is CC1(C)CC2CC3(CC[C@@H]4C[C@H]3C4(C)C)Oc3cc(O)cc(c32)O1. The molecule has 3 saturated carbocycles. The number of phenolic OH excluding ortho intramolecular Hbond substituents is 1. The lowest BCUT2D eigenvalue weighted by Crippen LogP contribution is -2.65. The smallest absolute Gasteiger partial charge is 0.131 e. The van der Waals surface area contributed by atoms with Gasteiger partial charge in [0.25, 0.3) is 0 Å². The molecular formula is C21H28O3. The number of aromatic hydroxyl groups is 1. The van der Waals surface area contributed by atoms with Crippen molar-refractivity contribution in [2.24, 2.45) is 17.3 Å². The molecule has 1 aromatic rings. The molecule has 0 aromatic heterocycles. The highest BCUT2D eigenvalue weighted by molar-refractivity contribution is 5.55. The van der Waals surface area contributed by atoms with Crippen LogP contribution < -0.4 is 9.47 Å². The first kappa shape index (κ1) is 14.9. The molecule has 0 saturated heterocycles. The minimum Gasteiger partial charge on any atom is -0.508 e. The number of phenols is 1. The lowest BCUT2D eigenvalue weighted by atomic mass is 9.42. The minimum absolute atomic E-state index is 0.0472. The van der Waals surface area contributed by atoms with Crippen LogP contribution in [0.1, 0.15) is 71.3 Å². The Morgan fingerprint density at radius 2 is 1.75 bits per heavy atom.